The predicted octanol–water partition coefficient (Wildman–Crippen LogP) is 4.86. The van der Waals surface area contributed by atoms with E-state index in [2.05, 4.69) is 16.0 Å². The quantitative estimate of drug-likeness (QED) is 0.529. The van der Waals surface area contributed by atoms with Gasteiger partial charge >= 0.3 is 0 Å². The van der Waals surface area contributed by atoms with Gasteiger partial charge in [0.15, 0.2) is 0 Å². The fraction of sp³-hybridized carbons (Fsp3) is 0.0526. The number of halogens is 1. The number of pyridine rings is 1. The van der Waals surface area contributed by atoms with Crippen molar-refractivity contribution < 1.29 is 4.39 Å². The number of nitrogens with zero attached hydrogens (tertiary/aromatic N) is 3. The van der Waals surface area contributed by atoms with Gasteiger partial charge in [-0.2, -0.15) is 0 Å². The number of imidazole rings is 1. The molecule has 3 nitrogen and oxygen atoms in total. The van der Waals surface area contributed by atoms with Crippen LogP contribution < -0.4 is 0 Å². The summed E-state index contributed by atoms with van der Waals surface area (Å²) in [5, 5.41) is 1.05. The van der Waals surface area contributed by atoms with Crippen LogP contribution in [0, 0.1) is 5.82 Å². The lowest BCUT2D eigenvalue weighted by Gasteiger charge is -2.06. The van der Waals surface area contributed by atoms with Gasteiger partial charge in [0.2, 0.25) is 0 Å². The first-order valence-corrected chi connectivity index (χ1v) is 6.95. The number of hydrogen-bond acceptors (Lipinski definition) is 2. The van der Waals surface area contributed by atoms with E-state index >= 15 is 0 Å². The summed E-state index contributed by atoms with van der Waals surface area (Å²) in [5.41, 5.74) is 3.69. The molecule has 0 radical (unpaired) electrons. The van der Waals surface area contributed by atoms with Gasteiger partial charge in [-0.15, -0.1) is 0 Å². The minimum absolute atomic E-state index is 0. The summed E-state index contributed by atoms with van der Waals surface area (Å²) in [6, 6.07) is 16.4. The Hall–Kier alpha value is -3.01. The summed E-state index contributed by atoms with van der Waals surface area (Å²) in [4.78, 5) is 8.71. The van der Waals surface area contributed by atoms with E-state index in [0.29, 0.717) is 0 Å². The van der Waals surface area contributed by atoms with Crippen LogP contribution in [0.4, 0.5) is 4.39 Å². The summed E-state index contributed by atoms with van der Waals surface area (Å²) in [6.07, 6.45) is 5.42. The molecule has 0 unspecified atom stereocenters. The summed E-state index contributed by atoms with van der Waals surface area (Å²) < 4.78 is 15.0. The molecule has 0 aliphatic heterocycles. The van der Waals surface area contributed by atoms with Crippen molar-refractivity contribution in [3.63, 3.8) is 0 Å². The van der Waals surface area contributed by atoms with E-state index in [9.17, 15) is 4.39 Å². The van der Waals surface area contributed by atoms with Crippen LogP contribution in [0.2, 0.25) is 0 Å². The fourth-order valence-corrected chi connectivity index (χ4v) is 2.47. The first-order chi connectivity index (χ1) is 10.8. The second-order valence-corrected chi connectivity index (χ2v) is 5.05. The molecule has 4 rings (SSSR count). The van der Waals surface area contributed by atoms with Crippen molar-refractivity contribution in [2.24, 2.45) is 0 Å². The third-order valence-electron chi connectivity index (χ3n) is 3.62. The largest absolute Gasteiger partial charge is 0.306 e. The molecule has 0 N–H and O–H groups in total. The number of fused-ring (bicyclic) bond motifs is 1. The van der Waals surface area contributed by atoms with E-state index in [-0.39, 0.29) is 13.2 Å². The fourth-order valence-electron chi connectivity index (χ4n) is 2.47. The Morgan fingerprint density at radius 3 is 2.48 bits per heavy atom. The molecule has 0 aliphatic rings. The number of benzene rings is 2. The molecule has 0 atom stereocenters. The van der Waals surface area contributed by atoms with Crippen LogP contribution in [0.5, 0.6) is 0 Å². The van der Waals surface area contributed by atoms with E-state index in [1.807, 2.05) is 35.0 Å². The van der Waals surface area contributed by atoms with Crippen LogP contribution in [-0.2, 0) is 0 Å². The molecule has 114 valence electrons. The molecule has 2 aromatic carbocycles. The molecular formula is C19H16FN3. The van der Waals surface area contributed by atoms with Crippen LogP contribution in [0.15, 0.2) is 73.3 Å². The Labute approximate surface area is 134 Å². The molecule has 0 bridgehead atoms. The molecule has 23 heavy (non-hydrogen) atoms. The minimum Gasteiger partial charge on any atom is -0.306 e. The molecule has 2 heterocycles. The Bertz CT molecular complexity index is 929. The maximum absolute atomic E-state index is 13.0. The third-order valence-corrected chi connectivity index (χ3v) is 3.62. The van der Waals surface area contributed by atoms with E-state index in [4.69, 9.17) is 0 Å². The van der Waals surface area contributed by atoms with Gasteiger partial charge in [0.05, 0.1) is 17.5 Å². The molecule has 4 heteroatoms. The van der Waals surface area contributed by atoms with Crippen molar-refractivity contribution in [1.82, 2.24) is 14.5 Å². The van der Waals surface area contributed by atoms with Crippen LogP contribution in [0.25, 0.3) is 27.8 Å². The standard InChI is InChI=1S/C18H12FN3.CH4/c19-15-4-1-13(2-5-15)17-7-3-14-11-16(6-8-18(14)21-17)22-10-9-20-12-22;/h1-12H;1H4. The van der Waals surface area contributed by atoms with Gasteiger partial charge in [-0.05, 0) is 48.5 Å². The van der Waals surface area contributed by atoms with Gasteiger partial charge in [-0.1, -0.05) is 13.5 Å². The smallest absolute Gasteiger partial charge is 0.123 e. The SMILES string of the molecule is C.Fc1ccc(-c2ccc3cc(-n4ccnc4)ccc3n2)cc1. The first kappa shape index (κ1) is 14.9. The van der Waals surface area contributed by atoms with E-state index in [0.717, 1.165) is 27.8 Å². The van der Waals surface area contributed by atoms with E-state index in [1.54, 1.807) is 24.7 Å². The molecule has 0 aliphatic carbocycles. The van der Waals surface area contributed by atoms with Crippen LogP contribution >= 0.6 is 0 Å². The molecule has 0 fully saturated rings. The molecule has 0 amide bonds. The van der Waals surface area contributed by atoms with Gasteiger partial charge in [0.1, 0.15) is 5.82 Å². The summed E-state index contributed by atoms with van der Waals surface area (Å²) in [6.45, 7) is 0. The first-order valence-electron chi connectivity index (χ1n) is 6.95. The normalized spacial score (nSPS) is 10.5. The zero-order valence-corrected chi connectivity index (χ0v) is 11.6. The van der Waals surface area contributed by atoms with E-state index in [1.165, 1.54) is 12.1 Å². The van der Waals surface area contributed by atoms with Crippen molar-refractivity contribution in [2.75, 3.05) is 0 Å². The van der Waals surface area contributed by atoms with Crippen LogP contribution in [0.3, 0.4) is 0 Å². The zero-order valence-electron chi connectivity index (χ0n) is 11.6. The van der Waals surface area contributed by atoms with Crippen molar-refractivity contribution in [3.05, 3.63) is 79.1 Å². The molecule has 0 saturated carbocycles. The van der Waals surface area contributed by atoms with Crippen molar-refractivity contribution >= 4 is 10.9 Å². The summed E-state index contributed by atoms with van der Waals surface area (Å²) >= 11 is 0. The highest BCUT2D eigenvalue weighted by Crippen LogP contribution is 2.23. The van der Waals surface area contributed by atoms with Crippen molar-refractivity contribution in [1.29, 1.82) is 0 Å². The maximum atomic E-state index is 13.0. The molecule has 0 saturated heterocycles. The number of rotatable bonds is 2. The Morgan fingerprint density at radius 1 is 0.913 bits per heavy atom. The molecule has 4 aromatic rings. The predicted molar refractivity (Wildman–Crippen MR) is 91.0 cm³/mol. The topological polar surface area (TPSA) is 30.7 Å². The Morgan fingerprint density at radius 2 is 1.74 bits per heavy atom. The zero-order chi connectivity index (χ0) is 14.9. The molecular weight excluding hydrogens is 289 g/mol. The van der Waals surface area contributed by atoms with Gasteiger partial charge in [0, 0.05) is 29.0 Å². The Kier molecular flexibility index (Phi) is 3.89. The molecule has 2 aromatic heterocycles. The number of aromatic nitrogens is 3. The average Bonchev–Trinajstić information content (AvgIpc) is 3.09. The lowest BCUT2D eigenvalue weighted by Crippen LogP contribution is -1.91. The second-order valence-electron chi connectivity index (χ2n) is 5.05. The lowest BCUT2D eigenvalue weighted by molar-refractivity contribution is 0.628. The highest BCUT2D eigenvalue weighted by Gasteiger charge is 2.04. The van der Waals surface area contributed by atoms with E-state index < -0.39 is 0 Å². The monoisotopic (exact) mass is 305 g/mol. The van der Waals surface area contributed by atoms with Crippen molar-refractivity contribution in [2.45, 2.75) is 7.43 Å². The van der Waals surface area contributed by atoms with Crippen molar-refractivity contribution in [3.8, 4) is 16.9 Å². The Balaban J connectivity index is 0.00000156. The third kappa shape index (κ3) is 2.83. The van der Waals surface area contributed by atoms with Gasteiger partial charge < -0.3 is 4.57 Å². The summed E-state index contributed by atoms with van der Waals surface area (Å²) in [7, 11) is 0. The van der Waals surface area contributed by atoms with Crippen LogP contribution in [0.1, 0.15) is 7.43 Å². The minimum atomic E-state index is -0.241. The highest BCUT2D eigenvalue weighted by atomic mass is 19.1. The van der Waals surface area contributed by atoms with Gasteiger partial charge in [-0.25, -0.2) is 14.4 Å². The lowest BCUT2D eigenvalue weighted by atomic mass is 10.1. The van der Waals surface area contributed by atoms with Gasteiger partial charge in [0.25, 0.3) is 0 Å². The van der Waals surface area contributed by atoms with Gasteiger partial charge in [-0.3, -0.25) is 0 Å². The maximum Gasteiger partial charge on any atom is 0.123 e. The van der Waals surface area contributed by atoms with Crippen LogP contribution in [-0.4, -0.2) is 14.5 Å². The summed E-state index contributed by atoms with van der Waals surface area (Å²) in [5.74, 6) is -0.241. The average molecular weight is 305 g/mol. The highest BCUT2D eigenvalue weighted by molar-refractivity contribution is 5.83. The second kappa shape index (κ2) is 6.01. The number of hydrogen-bond donors (Lipinski definition) is 0. The molecule has 0 spiro atoms.